The van der Waals surface area contributed by atoms with Crippen LogP contribution in [0.15, 0.2) is 0 Å². The Bertz CT molecular complexity index is 96.8. The predicted molar refractivity (Wildman–Crippen MR) is 36.3 cm³/mol. The monoisotopic (exact) mass is 309 g/mol. The van der Waals surface area contributed by atoms with E-state index in [1.165, 1.54) is 0 Å². The van der Waals surface area contributed by atoms with Crippen LogP contribution in [0.5, 0.6) is 0 Å². The molecule has 0 aliphatic heterocycles. The summed E-state index contributed by atoms with van der Waals surface area (Å²) in [5, 5.41) is 0. The molecule has 0 aliphatic rings. The van der Waals surface area contributed by atoms with Crippen LogP contribution in [0.1, 0.15) is 0 Å². The van der Waals surface area contributed by atoms with Crippen LogP contribution in [0.2, 0.25) is 0 Å². The maximum atomic E-state index is 9.75. The predicted octanol–water partition coefficient (Wildman–Crippen LogP) is 0.523. The summed E-state index contributed by atoms with van der Waals surface area (Å²) in [5.74, 6) is 0. The Kier molecular flexibility index (Phi) is 22.2. The summed E-state index contributed by atoms with van der Waals surface area (Å²) in [7, 11) is -18.0. The Hall–Kier alpha value is 1.16. The molecule has 0 atom stereocenters. The quantitative estimate of drug-likeness (QED) is 0.452. The van der Waals surface area contributed by atoms with Crippen molar-refractivity contribution in [3.8, 4) is 0 Å². The van der Waals surface area contributed by atoms with Crippen molar-refractivity contribution in [3.05, 3.63) is 0 Å². The van der Waals surface area contributed by atoms with Gasteiger partial charge in [-0.2, -0.15) is 0 Å². The number of rotatable bonds is 0. The fourth-order valence-electron chi connectivity index (χ4n) is 0. The minimum atomic E-state index is -6.00. The van der Waals surface area contributed by atoms with Crippen molar-refractivity contribution in [1.29, 1.82) is 0 Å². The summed E-state index contributed by atoms with van der Waals surface area (Å²) >= 11 is 0. The van der Waals surface area contributed by atoms with Gasteiger partial charge in [0.2, 0.25) is 0 Å². The molecule has 0 N–H and O–H groups in total. The topological polar surface area (TPSA) is 0 Å². The maximum Gasteiger partial charge on any atom is 2.00 e. The zero-order valence-electron chi connectivity index (χ0n) is 7.97. The van der Waals surface area contributed by atoms with E-state index in [4.69, 9.17) is 0 Å². The zero-order chi connectivity index (χ0) is 13.5. The summed E-state index contributed by atoms with van der Waals surface area (Å²) in [4.78, 5) is 0. The molecule has 0 heterocycles. The van der Waals surface area contributed by atoms with Gasteiger partial charge in [-0.15, -0.1) is 0 Å². The molecule has 0 saturated heterocycles. The van der Waals surface area contributed by atoms with Crippen molar-refractivity contribution >= 4 is 31.9 Å². The first kappa shape index (κ1) is 30.9. The van der Waals surface area contributed by atoms with Crippen LogP contribution in [0.4, 0.5) is 51.8 Å². The fourth-order valence-corrected chi connectivity index (χ4v) is 0. The van der Waals surface area contributed by atoms with Crippen LogP contribution in [-0.4, -0.2) is 31.9 Å². The molecule has 0 saturated carbocycles. The van der Waals surface area contributed by atoms with E-state index in [1.807, 2.05) is 0 Å². The Morgan fingerprint density at radius 2 is 0.353 bits per heavy atom. The summed E-state index contributed by atoms with van der Waals surface area (Å²) in [6, 6.07) is 0. The summed E-state index contributed by atoms with van der Waals surface area (Å²) < 4.78 is 117. The van der Waals surface area contributed by atoms with Crippen molar-refractivity contribution in [2.24, 2.45) is 0 Å². The smallest absolute Gasteiger partial charge is 0.418 e. The molecule has 0 amide bonds. The van der Waals surface area contributed by atoms with Crippen molar-refractivity contribution in [1.82, 2.24) is 0 Å². The third kappa shape index (κ3) is 2930. The number of halogens is 12. The van der Waals surface area contributed by atoms with Gasteiger partial charge in [-0.25, -0.2) is 0 Å². The van der Waals surface area contributed by atoms with Crippen molar-refractivity contribution in [2.75, 3.05) is 0 Å². The van der Waals surface area contributed by atoms with Gasteiger partial charge in [-0.05, 0) is 0 Å². The van der Waals surface area contributed by atoms with Gasteiger partial charge in [0.15, 0.2) is 0 Å². The summed E-state index contributed by atoms with van der Waals surface area (Å²) in [5.41, 5.74) is 0. The Labute approximate surface area is 134 Å². The van der Waals surface area contributed by atoms with Crippen LogP contribution < -0.4 is 51.4 Å². The Morgan fingerprint density at radius 1 is 0.353 bits per heavy atom. The second kappa shape index (κ2) is 12.2. The third-order valence-electron chi connectivity index (χ3n) is 0. The molecule has 96 valence electrons. The molecular weight excluding hydrogens is 309 g/mol. The molecule has 17 heteroatoms. The van der Waals surface area contributed by atoms with Crippen LogP contribution in [0.3, 0.4) is 0 Å². The van der Waals surface area contributed by atoms with Crippen LogP contribution >= 0.6 is 0 Å². The standard InChI is InChI=1S/3BF4.Be.K/c3*2-1(3,4)5;;/q3*-1;+2;+1. The average Bonchev–Trinajstić information content (AvgIpc) is 1.41. The normalized spacial score (nSPS) is 10.6. The maximum absolute atomic E-state index is 9.75. The minimum Gasteiger partial charge on any atom is -0.418 e. The number of hydrogen-bond acceptors (Lipinski definition) is 0. The molecule has 0 aromatic rings. The minimum absolute atomic E-state index is 0. The van der Waals surface area contributed by atoms with Gasteiger partial charge in [0.25, 0.3) is 0 Å². The van der Waals surface area contributed by atoms with E-state index in [-0.39, 0.29) is 61.5 Å². The average molecular weight is 309 g/mol. The molecule has 0 radical (unpaired) electrons. The van der Waals surface area contributed by atoms with Gasteiger partial charge in [0.05, 0.1) is 0 Å². The molecule has 0 bridgehead atoms. The summed E-state index contributed by atoms with van der Waals surface area (Å²) in [6.07, 6.45) is 0. The molecule has 0 fully saturated rings. The van der Waals surface area contributed by atoms with E-state index >= 15 is 0 Å². The molecule has 0 rings (SSSR count). The fraction of sp³-hybridized carbons (Fsp3) is 0. The first-order chi connectivity index (χ1) is 6.00. The second-order valence-corrected chi connectivity index (χ2v) is 1.48. The van der Waals surface area contributed by atoms with Crippen molar-refractivity contribution in [3.63, 3.8) is 0 Å². The molecule has 0 aromatic heterocycles. The molecular formula is B3BeF12K. The molecule has 0 spiro atoms. The van der Waals surface area contributed by atoms with E-state index in [2.05, 4.69) is 0 Å². The molecule has 0 unspecified atom stereocenters. The number of hydrogen-bond donors (Lipinski definition) is 0. The Balaban J connectivity index is -0.0000000400. The largest absolute Gasteiger partial charge is 2.00 e. The van der Waals surface area contributed by atoms with E-state index in [0.717, 1.165) is 0 Å². The van der Waals surface area contributed by atoms with Crippen LogP contribution in [0, 0.1) is 0 Å². The zero-order valence-corrected chi connectivity index (χ0v) is 11.1. The van der Waals surface area contributed by atoms with Crippen molar-refractivity contribution in [2.45, 2.75) is 0 Å². The molecule has 0 aromatic carbocycles. The second-order valence-electron chi connectivity index (χ2n) is 1.48. The van der Waals surface area contributed by atoms with E-state index in [9.17, 15) is 51.8 Å². The van der Waals surface area contributed by atoms with Gasteiger partial charge in [-0.1, -0.05) is 0 Å². The first-order valence-corrected chi connectivity index (χ1v) is 2.62. The summed E-state index contributed by atoms with van der Waals surface area (Å²) in [6.45, 7) is 0. The first-order valence-electron chi connectivity index (χ1n) is 2.62. The van der Waals surface area contributed by atoms with Gasteiger partial charge in [0.1, 0.15) is 0 Å². The molecule has 0 nitrogen and oxygen atoms in total. The van der Waals surface area contributed by atoms with E-state index < -0.39 is 21.8 Å². The molecule has 0 aliphatic carbocycles. The van der Waals surface area contributed by atoms with Crippen LogP contribution in [-0.2, 0) is 0 Å². The van der Waals surface area contributed by atoms with E-state index in [0.29, 0.717) is 0 Å². The van der Waals surface area contributed by atoms with Gasteiger partial charge in [0, 0.05) is 0 Å². The van der Waals surface area contributed by atoms with Crippen LogP contribution in [0.25, 0.3) is 0 Å². The van der Waals surface area contributed by atoms with Gasteiger partial charge >= 0.3 is 83.3 Å². The SMILES string of the molecule is F[B-](F)(F)F.F[B-](F)(F)F.F[B-](F)(F)F.[Be+2].[K+]. The van der Waals surface area contributed by atoms with Gasteiger partial charge < -0.3 is 51.8 Å². The Morgan fingerprint density at radius 3 is 0.353 bits per heavy atom. The molecule has 17 heavy (non-hydrogen) atoms. The van der Waals surface area contributed by atoms with Crippen molar-refractivity contribution < 1.29 is 103 Å². The third-order valence-corrected chi connectivity index (χ3v) is 0. The van der Waals surface area contributed by atoms with E-state index in [1.54, 1.807) is 0 Å². The van der Waals surface area contributed by atoms with Gasteiger partial charge in [-0.3, -0.25) is 0 Å².